The van der Waals surface area contributed by atoms with Gasteiger partial charge >= 0.3 is 0 Å². The first-order valence-corrected chi connectivity index (χ1v) is 12.5. The van der Waals surface area contributed by atoms with Crippen LogP contribution in [0.25, 0.3) is 16.7 Å². The van der Waals surface area contributed by atoms with Crippen molar-refractivity contribution in [2.75, 3.05) is 29.6 Å². The number of nitrogens with one attached hydrogen (secondary N) is 2. The largest absolute Gasteiger partial charge is 0.354 e. The summed E-state index contributed by atoms with van der Waals surface area (Å²) in [6.07, 6.45) is 7.27. The predicted molar refractivity (Wildman–Crippen MR) is 133 cm³/mol. The summed E-state index contributed by atoms with van der Waals surface area (Å²) < 4.78 is 13.7. The fraction of sp³-hybridized carbons (Fsp3) is 0.292. The van der Waals surface area contributed by atoms with Gasteiger partial charge < -0.3 is 20.1 Å². The van der Waals surface area contributed by atoms with Crippen LogP contribution in [0.3, 0.4) is 0 Å². The fourth-order valence-electron chi connectivity index (χ4n) is 4.28. The van der Waals surface area contributed by atoms with Gasteiger partial charge in [-0.25, -0.2) is 9.97 Å². The number of benzene rings is 1. The Morgan fingerprint density at radius 2 is 1.76 bits per heavy atom. The van der Waals surface area contributed by atoms with Gasteiger partial charge in [-0.3, -0.25) is 4.21 Å². The summed E-state index contributed by atoms with van der Waals surface area (Å²) >= 11 is 0. The third-order valence-electron chi connectivity index (χ3n) is 5.76. The van der Waals surface area contributed by atoms with Gasteiger partial charge in [-0.15, -0.1) is 0 Å². The summed E-state index contributed by atoms with van der Waals surface area (Å²) in [5, 5.41) is 7.76. The zero-order valence-corrected chi connectivity index (χ0v) is 19.7. The lowest BCUT2D eigenvalue weighted by molar-refractivity contribution is 0.405. The van der Waals surface area contributed by atoms with Crippen LogP contribution < -0.4 is 15.5 Å². The molecule has 170 valence electrons. The monoisotopic (exact) mass is 461 g/mol. The van der Waals surface area contributed by atoms with Crippen molar-refractivity contribution in [3.63, 3.8) is 0 Å². The van der Waals surface area contributed by atoms with Crippen LogP contribution >= 0.6 is 0 Å². The number of hydrogen-bond donors (Lipinski definition) is 2. The summed E-state index contributed by atoms with van der Waals surface area (Å²) in [5.74, 6) is 1.48. The smallest absolute Gasteiger partial charge is 0.229 e. The highest BCUT2D eigenvalue weighted by atomic mass is 32.2. The maximum atomic E-state index is 11.7. The standard InChI is InChI=1S/C24H27N7OS/c1-16-14-30(15-17(2)27-16)22-9-4-19(13-25-22)28-24-26-12-18-10-11-31(23(18)29-24)20-5-7-21(8-6-20)33(3)32/h4-13,16-17,27H,14-15H2,1-3H3,(H,26,28,29). The summed E-state index contributed by atoms with van der Waals surface area (Å²) in [7, 11) is -1.00. The molecule has 0 aliphatic carbocycles. The fourth-order valence-corrected chi connectivity index (χ4v) is 4.79. The zero-order valence-electron chi connectivity index (χ0n) is 18.9. The third-order valence-corrected chi connectivity index (χ3v) is 6.70. The molecule has 2 N–H and O–H groups in total. The van der Waals surface area contributed by atoms with Gasteiger partial charge in [0.25, 0.3) is 0 Å². The molecule has 3 aromatic heterocycles. The van der Waals surface area contributed by atoms with E-state index in [-0.39, 0.29) is 0 Å². The highest BCUT2D eigenvalue weighted by molar-refractivity contribution is 7.84. The molecule has 5 rings (SSSR count). The Hall–Kier alpha value is -3.30. The number of nitrogens with zero attached hydrogens (tertiary/aromatic N) is 5. The molecule has 0 spiro atoms. The maximum absolute atomic E-state index is 11.7. The number of rotatable bonds is 5. The molecule has 4 aromatic rings. The van der Waals surface area contributed by atoms with Gasteiger partial charge in [-0.2, -0.15) is 4.98 Å². The van der Waals surface area contributed by atoms with E-state index in [0.717, 1.165) is 46.2 Å². The Bertz CT molecular complexity index is 1280. The number of aromatic nitrogens is 4. The van der Waals surface area contributed by atoms with Crippen LogP contribution in [0.2, 0.25) is 0 Å². The molecule has 0 amide bonds. The van der Waals surface area contributed by atoms with Crippen molar-refractivity contribution in [1.82, 2.24) is 24.8 Å². The minimum Gasteiger partial charge on any atom is -0.354 e. The topological polar surface area (TPSA) is 88.0 Å². The average Bonchev–Trinajstić information content (AvgIpc) is 3.22. The second-order valence-corrected chi connectivity index (χ2v) is 9.89. The Balaban J connectivity index is 1.36. The first-order chi connectivity index (χ1) is 16.0. The quantitative estimate of drug-likeness (QED) is 0.470. The van der Waals surface area contributed by atoms with Gasteiger partial charge in [-0.1, -0.05) is 0 Å². The Kier molecular flexibility index (Phi) is 5.82. The number of anilines is 3. The molecule has 3 unspecified atom stereocenters. The predicted octanol–water partition coefficient (Wildman–Crippen LogP) is 3.48. The molecule has 1 saturated heterocycles. The molecule has 3 atom stereocenters. The highest BCUT2D eigenvalue weighted by Gasteiger charge is 2.21. The molecule has 0 radical (unpaired) electrons. The van der Waals surface area contributed by atoms with E-state index in [9.17, 15) is 4.21 Å². The van der Waals surface area contributed by atoms with E-state index in [4.69, 9.17) is 4.98 Å². The van der Waals surface area contributed by atoms with Gasteiger partial charge in [0.1, 0.15) is 11.5 Å². The zero-order chi connectivity index (χ0) is 22.9. The van der Waals surface area contributed by atoms with E-state index in [2.05, 4.69) is 39.3 Å². The second-order valence-electron chi connectivity index (χ2n) is 8.51. The molecule has 9 heteroatoms. The number of pyridine rings is 1. The Labute approximate surface area is 195 Å². The Morgan fingerprint density at radius 1 is 1.00 bits per heavy atom. The molecular formula is C24H27N7OS. The van der Waals surface area contributed by atoms with Gasteiger partial charge in [-0.05, 0) is 56.3 Å². The van der Waals surface area contributed by atoms with Crippen molar-refractivity contribution >= 4 is 39.3 Å². The van der Waals surface area contributed by atoms with Crippen LogP contribution in [0.1, 0.15) is 13.8 Å². The van der Waals surface area contributed by atoms with Crippen molar-refractivity contribution in [2.24, 2.45) is 0 Å². The van der Waals surface area contributed by atoms with Gasteiger partial charge in [0, 0.05) is 70.6 Å². The van der Waals surface area contributed by atoms with Gasteiger partial charge in [0.15, 0.2) is 0 Å². The minimum atomic E-state index is -1.00. The third kappa shape index (κ3) is 4.60. The molecule has 33 heavy (non-hydrogen) atoms. The molecule has 1 aromatic carbocycles. The first-order valence-electron chi connectivity index (χ1n) is 11.0. The molecule has 1 fully saturated rings. The van der Waals surface area contributed by atoms with Crippen molar-refractivity contribution in [1.29, 1.82) is 0 Å². The van der Waals surface area contributed by atoms with Gasteiger partial charge in [0.2, 0.25) is 5.95 Å². The number of hydrogen-bond acceptors (Lipinski definition) is 7. The van der Waals surface area contributed by atoms with E-state index in [0.29, 0.717) is 18.0 Å². The lowest BCUT2D eigenvalue weighted by Crippen LogP contribution is -2.54. The van der Waals surface area contributed by atoms with Crippen molar-refractivity contribution in [3.8, 4) is 5.69 Å². The molecule has 8 nitrogen and oxygen atoms in total. The second kappa shape index (κ2) is 8.92. The molecule has 1 aliphatic rings. The molecular weight excluding hydrogens is 434 g/mol. The van der Waals surface area contributed by atoms with Crippen molar-refractivity contribution in [3.05, 3.63) is 61.1 Å². The number of piperazine rings is 1. The lowest BCUT2D eigenvalue weighted by atomic mass is 10.1. The SMILES string of the molecule is CC1CN(c2ccc(Nc3ncc4ccn(-c5ccc(S(C)=O)cc5)c4n3)cn2)CC(C)N1. The average molecular weight is 462 g/mol. The summed E-state index contributed by atoms with van der Waals surface area (Å²) in [6.45, 7) is 6.27. The van der Waals surface area contributed by atoms with E-state index < -0.39 is 10.8 Å². The van der Waals surface area contributed by atoms with E-state index in [1.807, 2.05) is 65.6 Å². The normalized spacial score (nSPS) is 19.5. The van der Waals surface area contributed by atoms with Crippen LogP contribution in [-0.2, 0) is 10.8 Å². The van der Waals surface area contributed by atoms with Crippen molar-refractivity contribution < 1.29 is 4.21 Å². The molecule has 0 saturated carbocycles. The molecule has 4 heterocycles. The van der Waals surface area contributed by atoms with Crippen LogP contribution in [0.4, 0.5) is 17.5 Å². The Morgan fingerprint density at radius 3 is 2.42 bits per heavy atom. The summed E-state index contributed by atoms with van der Waals surface area (Å²) in [5.41, 5.74) is 2.59. The van der Waals surface area contributed by atoms with Crippen LogP contribution in [0.5, 0.6) is 0 Å². The van der Waals surface area contributed by atoms with Gasteiger partial charge in [0.05, 0.1) is 11.9 Å². The molecule has 1 aliphatic heterocycles. The maximum Gasteiger partial charge on any atom is 0.229 e. The van der Waals surface area contributed by atoms with E-state index in [1.165, 1.54) is 0 Å². The molecule has 0 bridgehead atoms. The number of fused-ring (bicyclic) bond motifs is 1. The van der Waals surface area contributed by atoms with Crippen molar-refractivity contribution in [2.45, 2.75) is 30.8 Å². The lowest BCUT2D eigenvalue weighted by Gasteiger charge is -2.36. The van der Waals surface area contributed by atoms with Crippen LogP contribution in [-0.4, -0.2) is 55.2 Å². The summed E-state index contributed by atoms with van der Waals surface area (Å²) in [6, 6.07) is 14.6. The summed E-state index contributed by atoms with van der Waals surface area (Å²) in [4.78, 5) is 17.0. The van der Waals surface area contributed by atoms with E-state index >= 15 is 0 Å². The highest BCUT2D eigenvalue weighted by Crippen LogP contribution is 2.23. The first kappa shape index (κ1) is 21.5. The van der Waals surface area contributed by atoms with E-state index in [1.54, 1.807) is 6.26 Å². The van der Waals surface area contributed by atoms with Crippen LogP contribution in [0, 0.1) is 0 Å². The minimum absolute atomic E-state index is 0.435. The van der Waals surface area contributed by atoms with Crippen LogP contribution in [0.15, 0.2) is 66.0 Å².